The molecule has 0 aromatic heterocycles. The van der Waals surface area contributed by atoms with E-state index in [2.05, 4.69) is 28.5 Å². The van der Waals surface area contributed by atoms with Crippen molar-refractivity contribution in [3.63, 3.8) is 0 Å². The number of hydrogen-bond donors (Lipinski definition) is 2. The third-order valence-electron chi connectivity index (χ3n) is 5.55. The molecular weight excluding hydrogens is 443 g/mol. The van der Waals surface area contributed by atoms with E-state index in [-0.39, 0.29) is 11.8 Å². The average molecular weight is 483 g/mol. The first-order valence-electron chi connectivity index (χ1n) is 11.8. The third-order valence-corrected chi connectivity index (χ3v) is 5.55. The van der Waals surface area contributed by atoms with Crippen LogP contribution in [-0.4, -0.2) is 43.1 Å². The Balaban J connectivity index is 2.23. The summed E-state index contributed by atoms with van der Waals surface area (Å²) in [6, 6.07) is 5.95. The van der Waals surface area contributed by atoms with Crippen LogP contribution in [-0.2, 0) is 4.74 Å². The van der Waals surface area contributed by atoms with Crippen LogP contribution >= 0.6 is 0 Å². The number of halogens is 1. The predicted molar refractivity (Wildman–Crippen MR) is 145 cm³/mol. The van der Waals surface area contributed by atoms with Gasteiger partial charge in [-0.2, -0.15) is 0 Å². The molecule has 6 nitrogen and oxygen atoms in total. The van der Waals surface area contributed by atoms with Crippen molar-refractivity contribution in [3.05, 3.63) is 72.1 Å². The number of nitrogens with zero attached hydrogens (tertiary/aromatic N) is 2. The topological polar surface area (TPSA) is 81.2 Å². The summed E-state index contributed by atoms with van der Waals surface area (Å²) in [7, 11) is 0. The molecule has 1 aromatic rings. The highest BCUT2D eigenvalue weighted by Gasteiger charge is 2.19. The highest BCUT2D eigenvalue weighted by molar-refractivity contribution is 6.00. The van der Waals surface area contributed by atoms with Gasteiger partial charge in [0, 0.05) is 42.5 Å². The molecular formula is C28H39FN4O2. The van der Waals surface area contributed by atoms with Gasteiger partial charge < -0.3 is 14.8 Å². The van der Waals surface area contributed by atoms with Crippen LogP contribution in [0.1, 0.15) is 58.6 Å². The zero-order valence-electron chi connectivity index (χ0n) is 21.7. The molecule has 0 radical (unpaired) electrons. The summed E-state index contributed by atoms with van der Waals surface area (Å²) in [6.07, 6.45) is 7.24. The fraction of sp³-hybridized carbons (Fsp3) is 0.429. The third kappa shape index (κ3) is 9.62. The summed E-state index contributed by atoms with van der Waals surface area (Å²) in [5.41, 5.74) is 10.9. The van der Waals surface area contributed by atoms with Crippen molar-refractivity contribution in [2.75, 3.05) is 19.8 Å². The van der Waals surface area contributed by atoms with Gasteiger partial charge in [0.1, 0.15) is 12.4 Å². The van der Waals surface area contributed by atoms with Crippen molar-refractivity contribution < 1.29 is 13.9 Å². The second kappa shape index (κ2) is 13.2. The first kappa shape index (κ1) is 28.2. The Kier molecular flexibility index (Phi) is 10.6. The Hall–Kier alpha value is -3.03. The minimum absolute atomic E-state index is 0.118. The molecule has 0 aliphatic carbocycles. The molecule has 35 heavy (non-hydrogen) atoms. The Labute approximate surface area is 209 Å². The van der Waals surface area contributed by atoms with Gasteiger partial charge in [-0.3, -0.25) is 15.7 Å². The molecule has 2 atom stereocenters. The molecule has 1 aliphatic rings. The van der Waals surface area contributed by atoms with Gasteiger partial charge in [0.25, 0.3) is 0 Å². The molecule has 1 aromatic carbocycles. The summed E-state index contributed by atoms with van der Waals surface area (Å²) in [4.78, 5) is 8.69. The second-order valence-electron chi connectivity index (χ2n) is 9.14. The molecule has 0 bridgehead atoms. The van der Waals surface area contributed by atoms with E-state index in [9.17, 15) is 4.39 Å². The van der Waals surface area contributed by atoms with E-state index < -0.39 is 5.79 Å². The molecule has 2 rings (SSSR count). The minimum Gasteiger partial charge on any atom is -0.491 e. The van der Waals surface area contributed by atoms with Crippen molar-refractivity contribution in [1.82, 2.24) is 5.32 Å². The van der Waals surface area contributed by atoms with Crippen LogP contribution in [0.4, 0.5) is 4.39 Å². The van der Waals surface area contributed by atoms with Crippen LogP contribution in [0.2, 0.25) is 0 Å². The summed E-state index contributed by atoms with van der Waals surface area (Å²) in [6.45, 7) is 18.5. The van der Waals surface area contributed by atoms with E-state index in [1.165, 1.54) is 6.92 Å². The lowest BCUT2D eigenvalue weighted by Crippen LogP contribution is -2.38. The Bertz CT molecular complexity index is 1020. The van der Waals surface area contributed by atoms with Crippen LogP contribution in [0, 0.1) is 0 Å². The molecule has 1 fully saturated rings. The maximum Gasteiger partial charge on any atom is 0.194 e. The van der Waals surface area contributed by atoms with E-state index in [1.807, 2.05) is 45.2 Å². The number of benzene rings is 1. The molecule has 0 amide bonds. The molecule has 190 valence electrons. The standard InChI is InChI=1S/C28H39FN4O2/c1-8-23(17-33-22(6)28(7,29)30)16-32-21(5)25-12-24(20(4)31-15-19(2)3)13-27(14-25)35-18-26-10-9-11-34-26/h8,12-15,17,26,32H,1,5,9-11,16,18,30H2,2-4,6-7H3/b23-17+,31-20+,33-22+/t26-,28?/m0/s1. The Morgan fingerprint density at radius 3 is 2.54 bits per heavy atom. The number of rotatable bonds is 12. The molecule has 1 unspecified atom stereocenters. The number of hydrogen-bond acceptors (Lipinski definition) is 6. The van der Waals surface area contributed by atoms with Crippen molar-refractivity contribution in [2.45, 2.75) is 59.4 Å². The minimum atomic E-state index is -1.97. The lowest BCUT2D eigenvalue weighted by atomic mass is 10.0. The van der Waals surface area contributed by atoms with Crippen molar-refractivity contribution in [2.24, 2.45) is 15.7 Å². The van der Waals surface area contributed by atoms with Crippen LogP contribution in [0.25, 0.3) is 5.70 Å². The van der Waals surface area contributed by atoms with Crippen LogP contribution in [0.15, 0.2) is 71.0 Å². The summed E-state index contributed by atoms with van der Waals surface area (Å²) < 4.78 is 25.6. The molecule has 3 N–H and O–H groups in total. The first-order chi connectivity index (χ1) is 16.5. The zero-order chi connectivity index (χ0) is 26.0. The average Bonchev–Trinajstić information content (AvgIpc) is 3.33. The zero-order valence-corrected chi connectivity index (χ0v) is 21.7. The van der Waals surface area contributed by atoms with E-state index >= 15 is 0 Å². The van der Waals surface area contributed by atoms with Gasteiger partial charge in [0.05, 0.1) is 11.8 Å². The lowest BCUT2D eigenvalue weighted by molar-refractivity contribution is 0.0679. The maximum atomic E-state index is 13.8. The summed E-state index contributed by atoms with van der Waals surface area (Å²) in [5.74, 6) is -1.24. The maximum absolute atomic E-state index is 13.8. The first-order valence-corrected chi connectivity index (χ1v) is 11.8. The van der Waals surface area contributed by atoms with E-state index in [1.54, 1.807) is 19.2 Å². The van der Waals surface area contributed by atoms with Gasteiger partial charge in [0.15, 0.2) is 5.79 Å². The van der Waals surface area contributed by atoms with Crippen molar-refractivity contribution >= 4 is 17.1 Å². The van der Waals surface area contributed by atoms with Gasteiger partial charge in [-0.25, -0.2) is 4.39 Å². The van der Waals surface area contributed by atoms with Gasteiger partial charge in [-0.05, 0) is 76.8 Å². The number of nitrogens with one attached hydrogen (secondary N) is 1. The molecule has 1 heterocycles. The van der Waals surface area contributed by atoms with Gasteiger partial charge in [-0.15, -0.1) is 0 Å². The predicted octanol–water partition coefficient (Wildman–Crippen LogP) is 5.71. The summed E-state index contributed by atoms with van der Waals surface area (Å²) >= 11 is 0. The second-order valence-corrected chi connectivity index (χ2v) is 9.14. The quantitative estimate of drug-likeness (QED) is 0.227. The van der Waals surface area contributed by atoms with Gasteiger partial charge in [0.2, 0.25) is 0 Å². The van der Waals surface area contributed by atoms with E-state index in [0.717, 1.165) is 53.2 Å². The van der Waals surface area contributed by atoms with Crippen LogP contribution in [0.5, 0.6) is 5.75 Å². The van der Waals surface area contributed by atoms with Crippen molar-refractivity contribution in [1.29, 1.82) is 0 Å². The van der Waals surface area contributed by atoms with Crippen LogP contribution < -0.4 is 15.8 Å². The highest BCUT2D eigenvalue weighted by Crippen LogP contribution is 2.24. The summed E-state index contributed by atoms with van der Waals surface area (Å²) in [5, 5.41) is 3.29. The van der Waals surface area contributed by atoms with Gasteiger partial charge >= 0.3 is 0 Å². The molecule has 0 saturated carbocycles. The smallest absolute Gasteiger partial charge is 0.194 e. The van der Waals surface area contributed by atoms with Crippen LogP contribution in [0.3, 0.4) is 0 Å². The number of nitrogens with two attached hydrogens (primary N) is 1. The molecule has 1 saturated heterocycles. The SMILES string of the molecule is C=C/C(=C\N=C(/C)C(C)(N)F)CNC(=C)c1cc(OC[C@@H]2CCCO2)cc(/C(C)=N/C=C(C)C)c1. The molecule has 7 heteroatoms. The lowest BCUT2D eigenvalue weighted by Gasteiger charge is -2.16. The van der Waals surface area contributed by atoms with E-state index in [4.69, 9.17) is 15.2 Å². The monoisotopic (exact) mass is 482 g/mol. The largest absolute Gasteiger partial charge is 0.491 e. The highest BCUT2D eigenvalue weighted by atomic mass is 19.1. The number of aliphatic imine (C=N–C) groups is 2. The number of ether oxygens (including phenoxy) is 2. The Morgan fingerprint density at radius 1 is 1.23 bits per heavy atom. The molecule has 0 spiro atoms. The Morgan fingerprint density at radius 2 is 1.94 bits per heavy atom. The van der Waals surface area contributed by atoms with E-state index in [0.29, 0.717) is 18.8 Å². The van der Waals surface area contributed by atoms with Gasteiger partial charge in [-0.1, -0.05) is 24.8 Å². The number of alkyl halides is 1. The van der Waals surface area contributed by atoms with Crippen molar-refractivity contribution in [3.8, 4) is 5.75 Å². The normalized spacial score (nSPS) is 18.6. The molecule has 1 aliphatic heterocycles. The fourth-order valence-corrected chi connectivity index (χ4v) is 3.12. The fourth-order valence-electron chi connectivity index (χ4n) is 3.12. The number of allylic oxidation sites excluding steroid dienone is 1.